The fraction of sp³-hybridized carbons (Fsp3) is 0.500. The van der Waals surface area contributed by atoms with Crippen LogP contribution in [0.1, 0.15) is 34.3 Å². The second-order valence-electron chi connectivity index (χ2n) is 4.99. The third-order valence-electron chi connectivity index (χ3n) is 3.48. The Bertz CT molecular complexity index is 494. The number of alkyl halides is 3. The molecule has 1 heterocycles. The van der Waals surface area contributed by atoms with Gasteiger partial charge in [-0.15, -0.1) is 0 Å². The molecule has 1 aromatic carbocycles. The van der Waals surface area contributed by atoms with Gasteiger partial charge in [0.15, 0.2) is 0 Å². The molecule has 0 atom stereocenters. The zero-order valence-electron chi connectivity index (χ0n) is 11.2. The van der Waals surface area contributed by atoms with Crippen molar-refractivity contribution in [2.45, 2.75) is 32.0 Å². The Morgan fingerprint density at radius 3 is 2.55 bits per heavy atom. The molecular weight excluding hydrogens is 269 g/mol. The van der Waals surface area contributed by atoms with Crippen LogP contribution in [-0.2, 0) is 6.18 Å². The van der Waals surface area contributed by atoms with E-state index in [0.717, 1.165) is 25.9 Å². The quantitative estimate of drug-likeness (QED) is 0.877. The number of amides is 1. The van der Waals surface area contributed by atoms with Crippen molar-refractivity contribution in [1.82, 2.24) is 10.6 Å². The van der Waals surface area contributed by atoms with Gasteiger partial charge >= 0.3 is 6.18 Å². The van der Waals surface area contributed by atoms with Crippen molar-refractivity contribution in [2.75, 3.05) is 13.1 Å². The lowest BCUT2D eigenvalue weighted by molar-refractivity contribution is -0.138. The molecule has 0 saturated carbocycles. The number of carbonyl (C=O) groups excluding carboxylic acids is 1. The predicted octanol–water partition coefficient (Wildman–Crippen LogP) is 2.50. The Labute approximate surface area is 115 Å². The summed E-state index contributed by atoms with van der Waals surface area (Å²) >= 11 is 0. The van der Waals surface area contributed by atoms with E-state index < -0.39 is 17.6 Å². The molecule has 1 aliphatic rings. The molecule has 0 aliphatic carbocycles. The van der Waals surface area contributed by atoms with Crippen molar-refractivity contribution in [2.24, 2.45) is 0 Å². The van der Waals surface area contributed by atoms with E-state index in [4.69, 9.17) is 0 Å². The Kier molecular flexibility index (Phi) is 4.32. The van der Waals surface area contributed by atoms with Gasteiger partial charge in [0.2, 0.25) is 0 Å². The van der Waals surface area contributed by atoms with Crippen LogP contribution in [0, 0.1) is 6.92 Å². The smallest absolute Gasteiger partial charge is 0.349 e. The first kappa shape index (κ1) is 14.8. The first-order valence-electron chi connectivity index (χ1n) is 6.58. The van der Waals surface area contributed by atoms with Gasteiger partial charge < -0.3 is 10.6 Å². The Balaban J connectivity index is 2.23. The standard InChI is InChI=1S/C14H17F3N2O/c1-9-3-2-4-11(12(9)14(15,16)17)13(20)19-10-5-7-18-8-6-10/h2-4,10,18H,5-8H2,1H3,(H,19,20). The number of nitrogens with one attached hydrogen (secondary N) is 2. The van der Waals surface area contributed by atoms with Crippen LogP contribution in [0.15, 0.2) is 18.2 Å². The van der Waals surface area contributed by atoms with Gasteiger partial charge in [0.1, 0.15) is 0 Å². The van der Waals surface area contributed by atoms with Crippen molar-refractivity contribution < 1.29 is 18.0 Å². The van der Waals surface area contributed by atoms with E-state index in [1.165, 1.54) is 25.1 Å². The minimum Gasteiger partial charge on any atom is -0.349 e. The Hall–Kier alpha value is -1.56. The van der Waals surface area contributed by atoms with Crippen LogP contribution in [-0.4, -0.2) is 25.0 Å². The van der Waals surface area contributed by atoms with Gasteiger partial charge in [-0.3, -0.25) is 4.79 Å². The second-order valence-corrected chi connectivity index (χ2v) is 4.99. The summed E-state index contributed by atoms with van der Waals surface area (Å²) in [5.74, 6) is -0.645. The highest BCUT2D eigenvalue weighted by Gasteiger charge is 2.37. The van der Waals surface area contributed by atoms with E-state index >= 15 is 0 Å². The molecule has 2 rings (SSSR count). The van der Waals surface area contributed by atoms with Crippen molar-refractivity contribution in [3.05, 3.63) is 34.9 Å². The Morgan fingerprint density at radius 2 is 1.95 bits per heavy atom. The van der Waals surface area contributed by atoms with E-state index in [1.807, 2.05) is 0 Å². The predicted molar refractivity (Wildman–Crippen MR) is 69.5 cm³/mol. The summed E-state index contributed by atoms with van der Waals surface area (Å²) in [6.07, 6.45) is -3.05. The second kappa shape index (κ2) is 5.83. The molecule has 2 N–H and O–H groups in total. The topological polar surface area (TPSA) is 41.1 Å². The monoisotopic (exact) mass is 286 g/mol. The fourth-order valence-corrected chi connectivity index (χ4v) is 2.46. The molecule has 1 saturated heterocycles. The zero-order valence-corrected chi connectivity index (χ0v) is 11.2. The van der Waals surface area contributed by atoms with Crippen LogP contribution in [0.2, 0.25) is 0 Å². The van der Waals surface area contributed by atoms with Crippen molar-refractivity contribution in [1.29, 1.82) is 0 Å². The molecule has 3 nitrogen and oxygen atoms in total. The van der Waals surface area contributed by atoms with Gasteiger partial charge in [-0.1, -0.05) is 12.1 Å². The first-order chi connectivity index (χ1) is 9.39. The highest BCUT2D eigenvalue weighted by atomic mass is 19.4. The lowest BCUT2D eigenvalue weighted by Crippen LogP contribution is -2.43. The molecule has 0 spiro atoms. The molecule has 1 aliphatic heterocycles. The summed E-state index contributed by atoms with van der Waals surface area (Å²) in [6, 6.07) is 4.00. The zero-order chi connectivity index (χ0) is 14.8. The van der Waals surface area contributed by atoms with Crippen molar-refractivity contribution in [3.63, 3.8) is 0 Å². The fourth-order valence-electron chi connectivity index (χ4n) is 2.46. The van der Waals surface area contributed by atoms with Crippen LogP contribution < -0.4 is 10.6 Å². The molecule has 1 fully saturated rings. The molecule has 6 heteroatoms. The van der Waals surface area contributed by atoms with Crippen molar-refractivity contribution in [3.8, 4) is 0 Å². The maximum Gasteiger partial charge on any atom is 0.417 e. The minimum absolute atomic E-state index is 0.0645. The summed E-state index contributed by atoms with van der Waals surface area (Å²) < 4.78 is 39.2. The lowest BCUT2D eigenvalue weighted by Gasteiger charge is -2.24. The highest BCUT2D eigenvalue weighted by Crippen LogP contribution is 2.34. The molecule has 20 heavy (non-hydrogen) atoms. The number of hydrogen-bond donors (Lipinski definition) is 2. The number of aryl methyl sites for hydroxylation is 1. The maximum atomic E-state index is 13.1. The summed E-state index contributed by atoms with van der Waals surface area (Å²) in [4.78, 5) is 12.1. The van der Waals surface area contributed by atoms with E-state index in [1.54, 1.807) is 0 Å². The molecule has 0 radical (unpaired) electrons. The van der Waals surface area contributed by atoms with E-state index in [2.05, 4.69) is 10.6 Å². The van der Waals surface area contributed by atoms with E-state index in [-0.39, 0.29) is 17.2 Å². The van der Waals surface area contributed by atoms with Crippen LogP contribution >= 0.6 is 0 Å². The van der Waals surface area contributed by atoms with Crippen molar-refractivity contribution >= 4 is 5.91 Å². The summed E-state index contributed by atoms with van der Waals surface area (Å²) in [5.41, 5.74) is -1.07. The molecule has 0 bridgehead atoms. The van der Waals surface area contributed by atoms with Gasteiger partial charge in [-0.2, -0.15) is 13.2 Å². The highest BCUT2D eigenvalue weighted by molar-refractivity contribution is 5.96. The maximum absolute atomic E-state index is 13.1. The summed E-state index contributed by atoms with van der Waals surface area (Å²) in [7, 11) is 0. The first-order valence-corrected chi connectivity index (χ1v) is 6.58. The van der Waals surface area contributed by atoms with Crippen LogP contribution in [0.25, 0.3) is 0 Å². The molecule has 0 aromatic heterocycles. The van der Waals surface area contributed by atoms with E-state index in [0.29, 0.717) is 0 Å². The van der Waals surface area contributed by atoms with Gasteiger partial charge in [-0.25, -0.2) is 0 Å². The average molecular weight is 286 g/mol. The lowest BCUT2D eigenvalue weighted by atomic mass is 9.99. The molecule has 1 amide bonds. The Morgan fingerprint density at radius 1 is 1.30 bits per heavy atom. The average Bonchev–Trinajstić information content (AvgIpc) is 2.38. The SMILES string of the molecule is Cc1cccc(C(=O)NC2CCNCC2)c1C(F)(F)F. The van der Waals surface area contributed by atoms with Gasteiger partial charge in [0.05, 0.1) is 11.1 Å². The van der Waals surface area contributed by atoms with Gasteiger partial charge in [0.25, 0.3) is 5.91 Å². The molecule has 1 aromatic rings. The van der Waals surface area contributed by atoms with Gasteiger partial charge in [0, 0.05) is 6.04 Å². The number of benzene rings is 1. The molecule has 0 unspecified atom stereocenters. The number of carbonyl (C=O) groups is 1. The number of piperidine rings is 1. The summed E-state index contributed by atoms with van der Waals surface area (Å²) in [5, 5.41) is 5.84. The molecule has 110 valence electrons. The number of halogens is 3. The van der Waals surface area contributed by atoms with Crippen LogP contribution in [0.3, 0.4) is 0 Å². The molecular formula is C14H17F3N2O. The number of rotatable bonds is 2. The van der Waals surface area contributed by atoms with Crippen LogP contribution in [0.4, 0.5) is 13.2 Å². The minimum atomic E-state index is -4.52. The third kappa shape index (κ3) is 3.30. The largest absolute Gasteiger partial charge is 0.417 e. The normalized spacial score (nSPS) is 17.0. The van der Waals surface area contributed by atoms with E-state index in [9.17, 15) is 18.0 Å². The number of hydrogen-bond acceptors (Lipinski definition) is 2. The third-order valence-corrected chi connectivity index (χ3v) is 3.48. The van der Waals surface area contributed by atoms with Crippen LogP contribution in [0.5, 0.6) is 0 Å². The van der Waals surface area contributed by atoms with Gasteiger partial charge in [-0.05, 0) is 44.5 Å². The summed E-state index contributed by atoms with van der Waals surface area (Å²) in [6.45, 7) is 2.90.